The van der Waals surface area contributed by atoms with Gasteiger partial charge in [0.1, 0.15) is 0 Å². The van der Waals surface area contributed by atoms with E-state index in [2.05, 4.69) is 21.5 Å². The fourth-order valence-corrected chi connectivity index (χ4v) is 3.15. The van der Waals surface area contributed by atoms with Gasteiger partial charge in [-0.1, -0.05) is 0 Å². The first-order valence-electron chi connectivity index (χ1n) is 7.26. The zero-order valence-electron chi connectivity index (χ0n) is 12.7. The highest BCUT2D eigenvalue weighted by atomic mass is 32.1. The molecule has 0 radical (unpaired) electrons. The minimum atomic E-state index is -0.0383. The molecule has 22 heavy (non-hydrogen) atoms. The summed E-state index contributed by atoms with van der Waals surface area (Å²) in [6.07, 6.45) is 0.858. The molecule has 0 aliphatic carbocycles. The fraction of sp³-hybridized carbons (Fsp3) is 0.312. The van der Waals surface area contributed by atoms with Gasteiger partial charge in [-0.15, -0.1) is 11.3 Å². The van der Waals surface area contributed by atoms with Crippen molar-refractivity contribution < 1.29 is 4.79 Å². The second kappa shape index (κ2) is 6.27. The summed E-state index contributed by atoms with van der Waals surface area (Å²) in [6.45, 7) is 5.48. The number of benzene rings is 1. The van der Waals surface area contributed by atoms with Crippen molar-refractivity contribution in [2.75, 3.05) is 6.54 Å². The van der Waals surface area contributed by atoms with E-state index in [1.807, 2.05) is 36.7 Å². The lowest BCUT2D eigenvalue weighted by Gasteiger charge is -2.07. The molecule has 0 unspecified atom stereocenters. The van der Waals surface area contributed by atoms with Gasteiger partial charge in [-0.05, 0) is 44.5 Å². The number of thiazole rings is 1. The van der Waals surface area contributed by atoms with Gasteiger partial charge in [-0.25, -0.2) is 4.98 Å². The van der Waals surface area contributed by atoms with E-state index in [1.54, 1.807) is 16.8 Å². The van der Waals surface area contributed by atoms with Crippen LogP contribution in [-0.2, 0) is 6.54 Å². The molecule has 0 saturated heterocycles. The number of nitrogens with zero attached hydrogens (tertiary/aromatic N) is 3. The first-order valence-corrected chi connectivity index (χ1v) is 8.14. The van der Waals surface area contributed by atoms with Crippen LogP contribution in [0.5, 0.6) is 0 Å². The Morgan fingerprint density at radius 1 is 1.32 bits per heavy atom. The van der Waals surface area contributed by atoms with Gasteiger partial charge in [-0.3, -0.25) is 9.48 Å². The van der Waals surface area contributed by atoms with Crippen LogP contribution in [0.4, 0.5) is 0 Å². The molecule has 6 heteroatoms. The van der Waals surface area contributed by atoms with Crippen LogP contribution in [-0.4, -0.2) is 27.2 Å². The van der Waals surface area contributed by atoms with Crippen molar-refractivity contribution in [1.82, 2.24) is 20.1 Å². The first-order chi connectivity index (χ1) is 10.6. The Bertz CT molecular complexity index is 805. The molecule has 3 aromatic rings. The van der Waals surface area contributed by atoms with Gasteiger partial charge in [0.2, 0.25) is 0 Å². The second-order valence-corrected chi connectivity index (χ2v) is 6.18. The van der Waals surface area contributed by atoms with Gasteiger partial charge in [0.25, 0.3) is 5.91 Å². The summed E-state index contributed by atoms with van der Waals surface area (Å²) in [5.41, 5.74) is 5.59. The van der Waals surface area contributed by atoms with Crippen molar-refractivity contribution >= 4 is 27.5 Å². The van der Waals surface area contributed by atoms with Gasteiger partial charge < -0.3 is 5.32 Å². The zero-order chi connectivity index (χ0) is 15.5. The number of hydrogen-bond donors (Lipinski definition) is 1. The lowest BCUT2D eigenvalue weighted by molar-refractivity contribution is 0.0952. The Morgan fingerprint density at radius 2 is 2.18 bits per heavy atom. The Balaban J connectivity index is 1.52. The third-order valence-electron chi connectivity index (χ3n) is 3.53. The van der Waals surface area contributed by atoms with E-state index in [1.165, 1.54) is 0 Å². The van der Waals surface area contributed by atoms with Gasteiger partial charge >= 0.3 is 0 Å². The number of amides is 1. The molecule has 0 atom stereocenters. The quantitative estimate of drug-likeness (QED) is 0.737. The van der Waals surface area contributed by atoms with Crippen LogP contribution in [0, 0.1) is 13.8 Å². The van der Waals surface area contributed by atoms with Crippen LogP contribution < -0.4 is 5.32 Å². The molecule has 0 saturated carbocycles. The van der Waals surface area contributed by atoms with Crippen LogP contribution in [0.2, 0.25) is 0 Å². The summed E-state index contributed by atoms with van der Waals surface area (Å²) >= 11 is 1.55. The third kappa shape index (κ3) is 3.17. The van der Waals surface area contributed by atoms with E-state index in [4.69, 9.17) is 0 Å². The summed E-state index contributed by atoms with van der Waals surface area (Å²) in [4.78, 5) is 16.4. The van der Waals surface area contributed by atoms with Crippen LogP contribution in [0.15, 0.2) is 29.8 Å². The monoisotopic (exact) mass is 314 g/mol. The normalized spacial score (nSPS) is 11.0. The Hall–Kier alpha value is -2.21. The zero-order valence-corrected chi connectivity index (χ0v) is 13.5. The van der Waals surface area contributed by atoms with E-state index in [0.29, 0.717) is 12.1 Å². The number of aromatic nitrogens is 3. The van der Waals surface area contributed by atoms with E-state index >= 15 is 0 Å². The van der Waals surface area contributed by atoms with Crippen molar-refractivity contribution in [3.05, 3.63) is 46.7 Å². The molecule has 3 rings (SSSR count). The minimum Gasteiger partial charge on any atom is -0.352 e. The molecule has 2 heterocycles. The van der Waals surface area contributed by atoms with Gasteiger partial charge in [-0.2, -0.15) is 5.10 Å². The summed E-state index contributed by atoms with van der Waals surface area (Å²) in [5, 5.41) is 7.37. The number of aryl methyl sites for hydroxylation is 3. The van der Waals surface area contributed by atoms with Crippen molar-refractivity contribution in [3.8, 4) is 0 Å². The molecule has 114 valence electrons. The van der Waals surface area contributed by atoms with Crippen LogP contribution in [0.3, 0.4) is 0 Å². The maximum atomic E-state index is 12.1. The summed E-state index contributed by atoms with van der Waals surface area (Å²) in [7, 11) is 0. The predicted molar refractivity (Wildman–Crippen MR) is 88.3 cm³/mol. The molecule has 5 nitrogen and oxygen atoms in total. The molecule has 2 aromatic heterocycles. The van der Waals surface area contributed by atoms with E-state index < -0.39 is 0 Å². The fourth-order valence-electron chi connectivity index (χ4n) is 2.43. The molecule has 1 aromatic carbocycles. The highest BCUT2D eigenvalue weighted by Gasteiger charge is 2.07. The second-order valence-electron chi connectivity index (χ2n) is 5.29. The molecule has 1 amide bonds. The van der Waals surface area contributed by atoms with Gasteiger partial charge in [0.15, 0.2) is 0 Å². The number of rotatable bonds is 5. The molecule has 1 N–H and O–H groups in total. The van der Waals surface area contributed by atoms with Crippen molar-refractivity contribution in [1.29, 1.82) is 0 Å². The largest absolute Gasteiger partial charge is 0.352 e. The topological polar surface area (TPSA) is 59.8 Å². The number of carbonyl (C=O) groups excluding carboxylic acids is 1. The molecule has 0 spiro atoms. The number of nitrogens with one attached hydrogen (secondary N) is 1. The maximum Gasteiger partial charge on any atom is 0.251 e. The molecule has 0 fully saturated rings. The number of carbonyl (C=O) groups is 1. The van der Waals surface area contributed by atoms with E-state index in [9.17, 15) is 4.79 Å². The molecular weight excluding hydrogens is 296 g/mol. The molecule has 0 bridgehead atoms. The van der Waals surface area contributed by atoms with Crippen LogP contribution >= 0.6 is 11.3 Å². The Kier molecular flexibility index (Phi) is 4.20. The van der Waals surface area contributed by atoms with Crippen molar-refractivity contribution in [3.63, 3.8) is 0 Å². The average molecular weight is 314 g/mol. The van der Waals surface area contributed by atoms with E-state index in [-0.39, 0.29) is 5.91 Å². The highest BCUT2D eigenvalue weighted by molar-refractivity contribution is 7.16. The standard InChI is InChI=1S/C16H18N4OS/c1-11-8-12(2)20(19-11)7-3-6-17-16(21)13-4-5-14-15(9-13)22-10-18-14/h4-5,8-10H,3,6-7H2,1-2H3,(H,17,21). The highest BCUT2D eigenvalue weighted by Crippen LogP contribution is 2.18. The summed E-state index contributed by atoms with van der Waals surface area (Å²) in [5.74, 6) is -0.0383. The smallest absolute Gasteiger partial charge is 0.251 e. The average Bonchev–Trinajstić information content (AvgIpc) is 3.08. The lowest BCUT2D eigenvalue weighted by Crippen LogP contribution is -2.25. The van der Waals surface area contributed by atoms with Gasteiger partial charge in [0.05, 0.1) is 21.4 Å². The SMILES string of the molecule is Cc1cc(C)n(CCCNC(=O)c2ccc3ncsc3c2)n1. The predicted octanol–water partition coefficient (Wildman–Crippen LogP) is 2.93. The third-order valence-corrected chi connectivity index (χ3v) is 4.32. The number of fused-ring (bicyclic) bond motifs is 1. The Labute approximate surface area is 133 Å². The maximum absolute atomic E-state index is 12.1. The lowest BCUT2D eigenvalue weighted by atomic mass is 10.2. The van der Waals surface area contributed by atoms with Crippen molar-refractivity contribution in [2.45, 2.75) is 26.8 Å². The minimum absolute atomic E-state index is 0.0383. The van der Waals surface area contributed by atoms with E-state index in [0.717, 1.165) is 34.6 Å². The Morgan fingerprint density at radius 3 is 2.95 bits per heavy atom. The molecule has 0 aliphatic rings. The molecular formula is C16H18N4OS. The van der Waals surface area contributed by atoms with Gasteiger partial charge in [0, 0.05) is 24.3 Å². The van der Waals surface area contributed by atoms with Crippen LogP contribution in [0.25, 0.3) is 10.2 Å². The van der Waals surface area contributed by atoms with Crippen molar-refractivity contribution in [2.24, 2.45) is 0 Å². The molecule has 0 aliphatic heterocycles. The summed E-state index contributed by atoms with van der Waals surface area (Å²) in [6, 6.07) is 7.65. The van der Waals surface area contributed by atoms with Crippen LogP contribution in [0.1, 0.15) is 28.2 Å². The summed E-state index contributed by atoms with van der Waals surface area (Å²) < 4.78 is 3.01. The number of hydrogen-bond acceptors (Lipinski definition) is 4. The first kappa shape index (κ1) is 14.7.